The molecular weight excluding hydrogens is 313 g/mol. The average Bonchev–Trinajstić information content (AvgIpc) is 3.02. The number of rotatable bonds is 5. The van der Waals surface area contributed by atoms with Crippen molar-refractivity contribution in [2.75, 3.05) is 11.9 Å². The van der Waals surface area contributed by atoms with Crippen LogP contribution < -0.4 is 5.32 Å². The third-order valence-electron chi connectivity index (χ3n) is 3.85. The molecule has 0 saturated carbocycles. The Morgan fingerprint density at radius 2 is 2.12 bits per heavy atom. The molecule has 7 nitrogen and oxygen atoms in total. The van der Waals surface area contributed by atoms with Crippen LogP contribution in [0, 0.1) is 5.82 Å². The number of anilines is 1. The average molecular weight is 331 g/mol. The fourth-order valence-corrected chi connectivity index (χ4v) is 2.62. The molecule has 0 bridgehead atoms. The van der Waals surface area contributed by atoms with Gasteiger partial charge in [-0.1, -0.05) is 30.6 Å². The normalized spacial score (nSPS) is 16.5. The second kappa shape index (κ2) is 6.77. The number of unbranched alkanes of at least 4 members (excludes halogenated alkanes) is 1. The predicted octanol–water partition coefficient (Wildman–Crippen LogP) is 2.44. The van der Waals surface area contributed by atoms with Crippen LogP contribution in [-0.4, -0.2) is 32.8 Å². The number of carbonyl (C=O) groups excluding carboxylic acids is 1. The first kappa shape index (κ1) is 16.1. The Labute approximate surface area is 138 Å². The summed E-state index contributed by atoms with van der Waals surface area (Å²) < 4.78 is 20.1. The number of esters is 1. The Balaban J connectivity index is 2.00. The van der Waals surface area contributed by atoms with Gasteiger partial charge < -0.3 is 10.1 Å². The zero-order chi connectivity index (χ0) is 17.1. The third kappa shape index (κ3) is 2.99. The van der Waals surface area contributed by atoms with E-state index in [4.69, 9.17) is 4.74 Å². The second-order valence-corrected chi connectivity index (χ2v) is 5.55. The summed E-state index contributed by atoms with van der Waals surface area (Å²) in [6.07, 6.45) is 1.73. The van der Waals surface area contributed by atoms with E-state index in [1.807, 2.05) is 6.92 Å². The van der Waals surface area contributed by atoms with Crippen LogP contribution in [0.5, 0.6) is 0 Å². The second-order valence-electron chi connectivity index (χ2n) is 5.55. The van der Waals surface area contributed by atoms with E-state index in [0.29, 0.717) is 29.4 Å². The van der Waals surface area contributed by atoms with Gasteiger partial charge in [-0.25, -0.2) is 9.18 Å². The molecule has 0 saturated heterocycles. The van der Waals surface area contributed by atoms with Gasteiger partial charge in [0.2, 0.25) is 5.95 Å². The van der Waals surface area contributed by atoms with Crippen molar-refractivity contribution in [3.63, 3.8) is 0 Å². The topological polar surface area (TPSA) is 81.9 Å². The monoisotopic (exact) mass is 331 g/mol. The molecule has 126 valence electrons. The van der Waals surface area contributed by atoms with Gasteiger partial charge in [-0.3, -0.25) is 0 Å². The number of carbonyl (C=O) groups is 1. The number of aromatic nitrogens is 4. The first-order valence-electron chi connectivity index (χ1n) is 7.80. The van der Waals surface area contributed by atoms with Crippen molar-refractivity contribution in [3.8, 4) is 0 Å². The van der Waals surface area contributed by atoms with Crippen LogP contribution in [0.15, 0.2) is 35.5 Å². The summed E-state index contributed by atoms with van der Waals surface area (Å²) in [5.41, 5.74) is 1.74. The molecule has 0 aliphatic carbocycles. The van der Waals surface area contributed by atoms with E-state index in [9.17, 15) is 9.18 Å². The van der Waals surface area contributed by atoms with Gasteiger partial charge in [0.15, 0.2) is 0 Å². The quantitative estimate of drug-likeness (QED) is 0.669. The van der Waals surface area contributed by atoms with Crippen molar-refractivity contribution >= 4 is 11.9 Å². The molecule has 1 aliphatic rings. The van der Waals surface area contributed by atoms with Gasteiger partial charge >= 0.3 is 5.97 Å². The van der Waals surface area contributed by atoms with Gasteiger partial charge in [0.25, 0.3) is 0 Å². The van der Waals surface area contributed by atoms with Gasteiger partial charge in [0.1, 0.15) is 11.9 Å². The minimum absolute atomic E-state index is 0.350. The highest BCUT2D eigenvalue weighted by atomic mass is 19.1. The van der Waals surface area contributed by atoms with E-state index in [1.165, 1.54) is 16.8 Å². The molecule has 0 spiro atoms. The molecule has 0 unspecified atom stereocenters. The highest BCUT2D eigenvalue weighted by Crippen LogP contribution is 2.34. The number of allylic oxidation sites excluding steroid dienone is 1. The Bertz CT molecular complexity index is 769. The van der Waals surface area contributed by atoms with Crippen molar-refractivity contribution in [1.82, 2.24) is 20.2 Å². The first-order valence-corrected chi connectivity index (χ1v) is 7.80. The summed E-state index contributed by atoms with van der Waals surface area (Å²) in [5, 5.41) is 14.5. The van der Waals surface area contributed by atoms with Crippen molar-refractivity contribution in [1.29, 1.82) is 0 Å². The summed E-state index contributed by atoms with van der Waals surface area (Å²) in [6.45, 7) is 4.14. The van der Waals surface area contributed by atoms with Crippen LogP contribution in [0.1, 0.15) is 38.3 Å². The van der Waals surface area contributed by atoms with Crippen molar-refractivity contribution < 1.29 is 13.9 Å². The number of tetrazole rings is 1. The SMILES string of the molecule is CCCCOC(=O)C1=C(C)Nc2nnnn2[C@@H]1c1ccc(F)cc1. The van der Waals surface area contributed by atoms with Crippen molar-refractivity contribution in [2.45, 2.75) is 32.7 Å². The fraction of sp³-hybridized carbons (Fsp3) is 0.375. The number of hydrogen-bond acceptors (Lipinski definition) is 6. The lowest BCUT2D eigenvalue weighted by Gasteiger charge is -2.27. The highest BCUT2D eigenvalue weighted by Gasteiger charge is 2.34. The van der Waals surface area contributed by atoms with Crippen LogP contribution in [0.2, 0.25) is 0 Å². The van der Waals surface area contributed by atoms with Gasteiger partial charge in [-0.2, -0.15) is 4.68 Å². The smallest absolute Gasteiger partial charge is 0.338 e. The number of fused-ring (bicyclic) bond motifs is 1. The number of benzene rings is 1. The van der Waals surface area contributed by atoms with Gasteiger partial charge in [-0.15, -0.1) is 0 Å². The molecule has 8 heteroatoms. The minimum atomic E-state index is -0.564. The largest absolute Gasteiger partial charge is 0.462 e. The Morgan fingerprint density at radius 3 is 2.83 bits per heavy atom. The molecule has 1 aromatic carbocycles. The maximum absolute atomic E-state index is 13.3. The van der Waals surface area contributed by atoms with Crippen molar-refractivity contribution in [3.05, 3.63) is 46.9 Å². The summed E-state index contributed by atoms with van der Waals surface area (Å²) in [6, 6.07) is 5.35. The van der Waals surface area contributed by atoms with Gasteiger partial charge in [0.05, 0.1) is 12.2 Å². The molecule has 0 amide bonds. The number of nitrogens with zero attached hydrogens (tertiary/aromatic N) is 4. The van der Waals surface area contributed by atoms with E-state index in [0.717, 1.165) is 12.8 Å². The number of halogens is 1. The van der Waals surface area contributed by atoms with E-state index >= 15 is 0 Å². The molecular formula is C16H18FN5O2. The van der Waals surface area contributed by atoms with E-state index in [1.54, 1.807) is 19.1 Å². The molecule has 1 aliphatic heterocycles. The molecule has 0 fully saturated rings. The number of ether oxygens (including phenoxy) is 1. The fourth-order valence-electron chi connectivity index (χ4n) is 2.62. The standard InChI is InChI=1S/C16H18FN5O2/c1-3-4-9-24-15(23)13-10(2)18-16-19-20-21-22(16)14(13)11-5-7-12(17)8-6-11/h5-8,14H,3-4,9H2,1-2H3,(H,18,19,21)/t14-/m1/s1. The molecule has 0 radical (unpaired) electrons. The highest BCUT2D eigenvalue weighted by molar-refractivity contribution is 5.92. The van der Waals surface area contributed by atoms with Crippen LogP contribution in [0.4, 0.5) is 10.3 Å². The zero-order valence-electron chi connectivity index (χ0n) is 13.5. The Hall–Kier alpha value is -2.77. The molecule has 1 N–H and O–H groups in total. The maximum Gasteiger partial charge on any atom is 0.338 e. The number of nitrogens with one attached hydrogen (secondary N) is 1. The molecule has 24 heavy (non-hydrogen) atoms. The predicted molar refractivity (Wildman–Crippen MR) is 84.5 cm³/mol. The lowest BCUT2D eigenvalue weighted by atomic mass is 9.96. The van der Waals surface area contributed by atoms with Crippen LogP contribution in [-0.2, 0) is 9.53 Å². The lowest BCUT2D eigenvalue weighted by molar-refractivity contribution is -0.139. The van der Waals surface area contributed by atoms with Crippen molar-refractivity contribution in [2.24, 2.45) is 0 Å². The number of hydrogen-bond donors (Lipinski definition) is 1. The minimum Gasteiger partial charge on any atom is -0.462 e. The van der Waals surface area contributed by atoms with Crippen LogP contribution >= 0.6 is 0 Å². The van der Waals surface area contributed by atoms with E-state index in [2.05, 4.69) is 20.8 Å². The van der Waals surface area contributed by atoms with E-state index < -0.39 is 12.0 Å². The molecule has 2 aromatic rings. The first-order chi connectivity index (χ1) is 11.6. The Kier molecular flexibility index (Phi) is 4.54. The lowest BCUT2D eigenvalue weighted by Crippen LogP contribution is -2.29. The maximum atomic E-state index is 13.3. The Morgan fingerprint density at radius 1 is 1.38 bits per heavy atom. The zero-order valence-corrected chi connectivity index (χ0v) is 13.5. The summed E-state index contributed by atoms with van der Waals surface area (Å²) in [7, 11) is 0. The molecule has 2 heterocycles. The van der Waals surface area contributed by atoms with E-state index in [-0.39, 0.29) is 5.82 Å². The third-order valence-corrected chi connectivity index (χ3v) is 3.85. The summed E-state index contributed by atoms with van der Waals surface area (Å²) in [4.78, 5) is 12.6. The summed E-state index contributed by atoms with van der Waals surface area (Å²) >= 11 is 0. The van der Waals surface area contributed by atoms with Crippen LogP contribution in [0.25, 0.3) is 0 Å². The van der Waals surface area contributed by atoms with Gasteiger partial charge in [-0.05, 0) is 41.5 Å². The molecule has 1 atom stereocenters. The molecule has 3 rings (SSSR count). The molecule has 1 aromatic heterocycles. The van der Waals surface area contributed by atoms with Gasteiger partial charge in [0, 0.05) is 5.70 Å². The van der Waals surface area contributed by atoms with Crippen LogP contribution in [0.3, 0.4) is 0 Å². The summed E-state index contributed by atoms with van der Waals surface area (Å²) in [5.74, 6) is -0.353.